The van der Waals surface area contributed by atoms with Gasteiger partial charge in [0, 0.05) is 12.0 Å². The highest BCUT2D eigenvalue weighted by atomic mass is 16.5. The molecule has 1 aromatic carbocycles. The molecule has 1 aromatic rings. The zero-order valence-corrected chi connectivity index (χ0v) is 20.7. The van der Waals surface area contributed by atoms with Crippen LogP contribution in [0.15, 0.2) is 12.1 Å². The first-order valence-electron chi connectivity index (χ1n) is 12.4. The number of piperidine rings is 1. The lowest BCUT2D eigenvalue weighted by Crippen LogP contribution is -2.53. The standard InChI is InChI=1S/C27H39NO5/c1-19-17-21(18-23(32-4)20(19)2)11-10-16-33-26(31)22-12-6-9-15-28(22)25(30)24(29)27(3)13-7-5-8-14-27/h17-18,22H,5-16H2,1-4H3. The zero-order valence-electron chi connectivity index (χ0n) is 20.7. The normalized spacial score (nSPS) is 20.2. The topological polar surface area (TPSA) is 72.9 Å². The number of ketones is 1. The second kappa shape index (κ2) is 11.2. The van der Waals surface area contributed by atoms with Crippen molar-refractivity contribution in [1.29, 1.82) is 0 Å². The van der Waals surface area contributed by atoms with E-state index >= 15 is 0 Å². The molecule has 1 amide bonds. The highest BCUT2D eigenvalue weighted by Crippen LogP contribution is 2.37. The maximum Gasteiger partial charge on any atom is 0.328 e. The first-order chi connectivity index (χ1) is 15.8. The second-order valence-electron chi connectivity index (χ2n) is 9.97. The number of esters is 1. The lowest BCUT2D eigenvalue weighted by molar-refractivity contribution is -0.161. The van der Waals surface area contributed by atoms with Crippen LogP contribution in [0.4, 0.5) is 0 Å². The maximum atomic E-state index is 13.1. The quantitative estimate of drug-likeness (QED) is 0.321. The Morgan fingerprint density at radius 3 is 2.48 bits per heavy atom. The number of hydrogen-bond donors (Lipinski definition) is 0. The van der Waals surface area contributed by atoms with Crippen molar-refractivity contribution in [3.63, 3.8) is 0 Å². The minimum Gasteiger partial charge on any atom is -0.496 e. The molecular formula is C27H39NO5. The van der Waals surface area contributed by atoms with Gasteiger partial charge in [0.05, 0.1) is 13.7 Å². The predicted octanol–water partition coefficient (Wildman–Crippen LogP) is 4.71. The number of ether oxygens (including phenoxy) is 2. The van der Waals surface area contributed by atoms with E-state index in [2.05, 4.69) is 13.0 Å². The Hall–Kier alpha value is -2.37. The van der Waals surface area contributed by atoms with Crippen LogP contribution in [0.5, 0.6) is 5.75 Å². The van der Waals surface area contributed by atoms with E-state index in [0.717, 1.165) is 68.2 Å². The lowest BCUT2D eigenvalue weighted by atomic mass is 9.72. The molecule has 0 spiro atoms. The van der Waals surface area contributed by atoms with Gasteiger partial charge in [0.2, 0.25) is 5.78 Å². The van der Waals surface area contributed by atoms with Crippen LogP contribution in [0.1, 0.15) is 81.4 Å². The summed E-state index contributed by atoms with van der Waals surface area (Å²) in [4.78, 5) is 40.5. The number of nitrogens with zero attached hydrogens (tertiary/aromatic N) is 1. The fourth-order valence-electron chi connectivity index (χ4n) is 5.17. The lowest BCUT2D eigenvalue weighted by Gasteiger charge is -2.37. The number of hydrogen-bond acceptors (Lipinski definition) is 5. The third-order valence-electron chi connectivity index (χ3n) is 7.49. The molecule has 6 heteroatoms. The van der Waals surface area contributed by atoms with Gasteiger partial charge in [-0.2, -0.15) is 0 Å². The van der Waals surface area contributed by atoms with Crippen molar-refractivity contribution < 1.29 is 23.9 Å². The van der Waals surface area contributed by atoms with Crippen molar-refractivity contribution in [2.24, 2.45) is 5.41 Å². The Labute approximate surface area is 198 Å². The van der Waals surface area contributed by atoms with E-state index in [-0.39, 0.29) is 18.4 Å². The molecule has 1 aliphatic carbocycles. The fraction of sp³-hybridized carbons (Fsp3) is 0.667. The molecule has 33 heavy (non-hydrogen) atoms. The highest BCUT2D eigenvalue weighted by molar-refractivity contribution is 6.38. The van der Waals surface area contributed by atoms with Crippen molar-refractivity contribution >= 4 is 17.7 Å². The van der Waals surface area contributed by atoms with Gasteiger partial charge in [0.25, 0.3) is 5.91 Å². The number of carbonyl (C=O) groups is 3. The number of Topliss-reactive ketones (excluding diaryl/α,β-unsaturated/α-hetero) is 1. The third kappa shape index (κ3) is 5.96. The average Bonchev–Trinajstić information content (AvgIpc) is 2.83. The minimum atomic E-state index is -0.649. The number of carbonyl (C=O) groups excluding carboxylic acids is 3. The zero-order chi connectivity index (χ0) is 24.0. The van der Waals surface area contributed by atoms with E-state index in [1.54, 1.807) is 7.11 Å². The number of methoxy groups -OCH3 is 1. The Bertz CT molecular complexity index is 872. The molecule has 6 nitrogen and oxygen atoms in total. The van der Waals surface area contributed by atoms with E-state index in [1.807, 2.05) is 19.9 Å². The molecular weight excluding hydrogens is 418 g/mol. The summed E-state index contributed by atoms with van der Waals surface area (Å²) < 4.78 is 11.0. The summed E-state index contributed by atoms with van der Waals surface area (Å²) in [6.45, 7) is 6.74. The molecule has 1 unspecified atom stereocenters. The molecule has 0 N–H and O–H groups in total. The molecule has 1 aliphatic heterocycles. The molecule has 1 heterocycles. The van der Waals surface area contributed by atoms with Gasteiger partial charge in [-0.15, -0.1) is 0 Å². The van der Waals surface area contributed by atoms with Gasteiger partial charge >= 0.3 is 5.97 Å². The van der Waals surface area contributed by atoms with Crippen molar-refractivity contribution in [2.45, 2.75) is 91.0 Å². The van der Waals surface area contributed by atoms with Crippen molar-refractivity contribution in [1.82, 2.24) is 4.90 Å². The number of rotatable bonds is 8. The third-order valence-corrected chi connectivity index (χ3v) is 7.49. The summed E-state index contributed by atoms with van der Waals surface area (Å²) in [5.74, 6) is -0.342. The summed E-state index contributed by atoms with van der Waals surface area (Å²) in [7, 11) is 1.67. The Kier molecular flexibility index (Phi) is 8.55. The highest BCUT2D eigenvalue weighted by Gasteiger charge is 2.43. The second-order valence-corrected chi connectivity index (χ2v) is 9.97. The van der Waals surface area contributed by atoms with Gasteiger partial charge in [0.15, 0.2) is 0 Å². The van der Waals surface area contributed by atoms with Gasteiger partial charge in [-0.1, -0.05) is 32.3 Å². The molecule has 2 aliphatic rings. The molecule has 0 radical (unpaired) electrons. The molecule has 0 aromatic heterocycles. The Morgan fingerprint density at radius 1 is 1.06 bits per heavy atom. The Balaban J connectivity index is 1.55. The van der Waals surface area contributed by atoms with Crippen LogP contribution < -0.4 is 4.74 Å². The molecule has 0 bridgehead atoms. The molecule has 182 valence electrons. The van der Waals surface area contributed by atoms with Crippen LogP contribution in [0.3, 0.4) is 0 Å². The minimum absolute atomic E-state index is 0.290. The van der Waals surface area contributed by atoms with Gasteiger partial charge in [-0.25, -0.2) is 4.79 Å². The van der Waals surface area contributed by atoms with Gasteiger partial charge < -0.3 is 14.4 Å². The van der Waals surface area contributed by atoms with Crippen LogP contribution in [0.25, 0.3) is 0 Å². The smallest absolute Gasteiger partial charge is 0.328 e. The van der Waals surface area contributed by atoms with E-state index < -0.39 is 17.4 Å². The van der Waals surface area contributed by atoms with Crippen LogP contribution in [-0.4, -0.2) is 48.9 Å². The molecule has 1 saturated carbocycles. The summed E-state index contributed by atoms with van der Waals surface area (Å²) >= 11 is 0. The maximum absolute atomic E-state index is 13.1. The van der Waals surface area contributed by atoms with E-state index in [9.17, 15) is 14.4 Å². The summed E-state index contributed by atoms with van der Waals surface area (Å²) in [5.41, 5.74) is 2.86. The average molecular weight is 458 g/mol. The van der Waals surface area contributed by atoms with Crippen LogP contribution >= 0.6 is 0 Å². The van der Waals surface area contributed by atoms with Crippen molar-refractivity contribution in [3.8, 4) is 5.75 Å². The Morgan fingerprint density at radius 2 is 1.79 bits per heavy atom. The fourth-order valence-corrected chi connectivity index (χ4v) is 5.17. The first-order valence-corrected chi connectivity index (χ1v) is 12.4. The van der Waals surface area contributed by atoms with E-state index in [4.69, 9.17) is 9.47 Å². The predicted molar refractivity (Wildman–Crippen MR) is 127 cm³/mol. The molecule has 2 fully saturated rings. The number of aryl methyl sites for hydroxylation is 2. The van der Waals surface area contributed by atoms with Crippen molar-refractivity contribution in [3.05, 3.63) is 28.8 Å². The van der Waals surface area contributed by atoms with E-state index in [0.29, 0.717) is 19.4 Å². The van der Waals surface area contributed by atoms with E-state index in [1.165, 1.54) is 10.5 Å². The summed E-state index contributed by atoms with van der Waals surface area (Å²) in [6, 6.07) is 3.52. The van der Waals surface area contributed by atoms with Crippen LogP contribution in [0, 0.1) is 19.3 Å². The van der Waals surface area contributed by atoms with Crippen molar-refractivity contribution in [2.75, 3.05) is 20.3 Å². The van der Waals surface area contributed by atoms with Crippen LogP contribution in [0.2, 0.25) is 0 Å². The molecule has 1 atom stereocenters. The van der Waals surface area contributed by atoms with Crippen LogP contribution in [-0.2, 0) is 25.5 Å². The SMILES string of the molecule is COc1cc(CCCOC(=O)C2CCCCN2C(=O)C(=O)C2(C)CCCCC2)cc(C)c1C. The largest absolute Gasteiger partial charge is 0.496 e. The summed E-state index contributed by atoms with van der Waals surface area (Å²) in [6.07, 6.45) is 8.28. The monoisotopic (exact) mass is 457 g/mol. The number of likely N-dealkylation sites (tertiary alicyclic amines) is 1. The number of amides is 1. The molecule has 1 saturated heterocycles. The number of benzene rings is 1. The van der Waals surface area contributed by atoms with Gasteiger partial charge in [-0.05, 0) is 81.5 Å². The first kappa shape index (κ1) is 25.3. The summed E-state index contributed by atoms with van der Waals surface area (Å²) in [5, 5.41) is 0. The van der Waals surface area contributed by atoms with Gasteiger partial charge in [-0.3, -0.25) is 9.59 Å². The van der Waals surface area contributed by atoms with Gasteiger partial charge in [0.1, 0.15) is 11.8 Å². The molecule has 3 rings (SSSR count).